The molecular weight excluding hydrogens is 226 g/mol. The van der Waals surface area contributed by atoms with Gasteiger partial charge in [0.15, 0.2) is 0 Å². The molecule has 1 amide bonds. The molecule has 3 N–H and O–H groups in total. The number of hydrogen-bond acceptors (Lipinski definition) is 5. The van der Waals surface area contributed by atoms with Crippen molar-refractivity contribution < 1.29 is 24.5 Å². The lowest BCUT2D eigenvalue weighted by Gasteiger charge is -2.12. The van der Waals surface area contributed by atoms with Crippen LogP contribution < -0.4 is 5.32 Å². The van der Waals surface area contributed by atoms with Crippen LogP contribution in [0.1, 0.15) is 17.3 Å². The summed E-state index contributed by atoms with van der Waals surface area (Å²) in [6.07, 6.45) is 0. The highest BCUT2D eigenvalue weighted by Gasteiger charge is 2.18. The minimum atomic E-state index is -0.819. The van der Waals surface area contributed by atoms with Crippen molar-refractivity contribution in [2.75, 3.05) is 7.11 Å². The van der Waals surface area contributed by atoms with Gasteiger partial charge in [-0.05, 0) is 19.1 Å². The maximum Gasteiger partial charge on any atom is 0.328 e. The van der Waals surface area contributed by atoms with Crippen LogP contribution in [0.2, 0.25) is 0 Å². The Morgan fingerprint density at radius 1 is 1.35 bits per heavy atom. The lowest BCUT2D eigenvalue weighted by Crippen LogP contribution is -2.39. The lowest BCUT2D eigenvalue weighted by atomic mass is 10.1. The highest BCUT2D eigenvalue weighted by molar-refractivity contribution is 5.99. The second-order valence-corrected chi connectivity index (χ2v) is 3.42. The number of hydrogen-bond donors (Lipinski definition) is 3. The van der Waals surface area contributed by atoms with Gasteiger partial charge in [-0.3, -0.25) is 4.79 Å². The Hall–Kier alpha value is -2.24. The predicted octanol–water partition coefficient (Wildman–Crippen LogP) is 0.389. The molecule has 0 spiro atoms. The van der Waals surface area contributed by atoms with Crippen molar-refractivity contribution in [3.05, 3.63) is 23.8 Å². The fraction of sp³-hybridized carbons (Fsp3) is 0.273. The van der Waals surface area contributed by atoms with Crippen LogP contribution in [0.5, 0.6) is 11.5 Å². The summed E-state index contributed by atoms with van der Waals surface area (Å²) in [7, 11) is 1.21. The summed E-state index contributed by atoms with van der Waals surface area (Å²) in [6, 6.07) is 2.74. The second-order valence-electron chi connectivity index (χ2n) is 3.42. The number of aromatic hydroxyl groups is 2. The first-order chi connectivity index (χ1) is 7.95. The Bertz CT molecular complexity index is 443. The maximum absolute atomic E-state index is 11.6. The first kappa shape index (κ1) is 12.8. The SMILES string of the molecule is COC(=O)C(C)NC(=O)c1ccc(O)cc1O. The van der Waals surface area contributed by atoms with Gasteiger partial charge in [-0.2, -0.15) is 0 Å². The smallest absolute Gasteiger partial charge is 0.328 e. The summed E-state index contributed by atoms with van der Waals surface area (Å²) in [5.74, 6) is -1.73. The van der Waals surface area contributed by atoms with Gasteiger partial charge in [0.1, 0.15) is 17.5 Å². The number of benzene rings is 1. The van der Waals surface area contributed by atoms with Crippen molar-refractivity contribution in [1.29, 1.82) is 0 Å². The van der Waals surface area contributed by atoms with Crippen molar-refractivity contribution >= 4 is 11.9 Å². The molecule has 0 aliphatic carbocycles. The van der Waals surface area contributed by atoms with Crippen LogP contribution in [0.3, 0.4) is 0 Å². The molecule has 1 atom stereocenters. The van der Waals surface area contributed by atoms with Gasteiger partial charge in [0.2, 0.25) is 0 Å². The van der Waals surface area contributed by atoms with E-state index in [1.54, 1.807) is 0 Å². The molecule has 1 aromatic carbocycles. The third-order valence-electron chi connectivity index (χ3n) is 2.13. The molecule has 1 unspecified atom stereocenters. The summed E-state index contributed by atoms with van der Waals surface area (Å²) in [6.45, 7) is 1.46. The van der Waals surface area contributed by atoms with Gasteiger partial charge in [-0.25, -0.2) is 4.79 Å². The third-order valence-corrected chi connectivity index (χ3v) is 2.13. The van der Waals surface area contributed by atoms with E-state index in [2.05, 4.69) is 10.1 Å². The molecule has 0 saturated heterocycles. The minimum Gasteiger partial charge on any atom is -0.508 e. The molecule has 0 aliphatic rings. The number of methoxy groups -OCH3 is 1. The van der Waals surface area contributed by atoms with Gasteiger partial charge in [-0.1, -0.05) is 0 Å². The van der Waals surface area contributed by atoms with E-state index >= 15 is 0 Å². The summed E-state index contributed by atoms with van der Waals surface area (Å²) in [5.41, 5.74) is -0.0291. The lowest BCUT2D eigenvalue weighted by molar-refractivity contribution is -0.142. The molecule has 0 aliphatic heterocycles. The molecule has 0 saturated carbocycles. The van der Waals surface area contributed by atoms with E-state index < -0.39 is 17.9 Å². The summed E-state index contributed by atoms with van der Waals surface area (Å²) in [4.78, 5) is 22.7. The number of rotatable bonds is 3. The molecule has 6 heteroatoms. The molecule has 1 rings (SSSR count). The molecule has 0 heterocycles. The largest absolute Gasteiger partial charge is 0.508 e. The first-order valence-corrected chi connectivity index (χ1v) is 4.86. The van der Waals surface area contributed by atoms with Crippen molar-refractivity contribution in [3.63, 3.8) is 0 Å². The normalized spacial score (nSPS) is 11.6. The molecular formula is C11H13NO5. The molecule has 0 bridgehead atoms. The van der Waals surface area contributed by atoms with Gasteiger partial charge >= 0.3 is 5.97 Å². The van der Waals surface area contributed by atoms with E-state index in [1.807, 2.05) is 0 Å². The summed E-state index contributed by atoms with van der Waals surface area (Å²) in [5, 5.41) is 20.8. The zero-order valence-electron chi connectivity index (χ0n) is 9.43. The molecule has 1 aromatic rings. The zero-order valence-corrected chi connectivity index (χ0v) is 9.43. The second kappa shape index (κ2) is 5.20. The van der Waals surface area contributed by atoms with Crippen molar-refractivity contribution in [2.24, 2.45) is 0 Å². The van der Waals surface area contributed by atoms with Gasteiger partial charge < -0.3 is 20.3 Å². The quantitative estimate of drug-likeness (QED) is 0.663. The fourth-order valence-electron chi connectivity index (χ4n) is 1.22. The molecule has 0 radical (unpaired) electrons. The highest BCUT2D eigenvalue weighted by atomic mass is 16.5. The van der Waals surface area contributed by atoms with Gasteiger partial charge in [0, 0.05) is 6.07 Å². The predicted molar refractivity (Wildman–Crippen MR) is 58.7 cm³/mol. The standard InChI is InChI=1S/C11H13NO5/c1-6(11(16)17-2)12-10(15)8-4-3-7(13)5-9(8)14/h3-6,13-14H,1-2H3,(H,12,15). The number of phenols is 2. The molecule has 92 valence electrons. The van der Waals surface area contributed by atoms with Crippen LogP contribution >= 0.6 is 0 Å². The van der Waals surface area contributed by atoms with E-state index in [0.29, 0.717) is 0 Å². The van der Waals surface area contributed by atoms with Crippen molar-refractivity contribution in [2.45, 2.75) is 13.0 Å². The van der Waals surface area contributed by atoms with E-state index in [-0.39, 0.29) is 17.1 Å². The van der Waals surface area contributed by atoms with Crippen LogP contribution in [0, 0.1) is 0 Å². The van der Waals surface area contributed by atoms with E-state index in [9.17, 15) is 14.7 Å². The Morgan fingerprint density at radius 3 is 2.53 bits per heavy atom. The fourth-order valence-corrected chi connectivity index (χ4v) is 1.22. The summed E-state index contributed by atoms with van der Waals surface area (Å²) < 4.78 is 4.44. The van der Waals surface area contributed by atoms with E-state index in [0.717, 1.165) is 6.07 Å². The molecule has 0 fully saturated rings. The van der Waals surface area contributed by atoms with E-state index in [1.165, 1.54) is 26.2 Å². The maximum atomic E-state index is 11.6. The van der Waals surface area contributed by atoms with Crippen molar-refractivity contribution in [3.8, 4) is 11.5 Å². The number of ether oxygens (including phenoxy) is 1. The van der Waals surface area contributed by atoms with Crippen LogP contribution in [0.15, 0.2) is 18.2 Å². The Kier molecular flexibility index (Phi) is 3.92. The van der Waals surface area contributed by atoms with Gasteiger partial charge in [0.05, 0.1) is 12.7 Å². The zero-order chi connectivity index (χ0) is 13.0. The number of phenolic OH excluding ortho intramolecular Hbond substituents is 2. The number of amides is 1. The number of esters is 1. The molecule has 17 heavy (non-hydrogen) atoms. The van der Waals surface area contributed by atoms with Crippen LogP contribution in [-0.2, 0) is 9.53 Å². The van der Waals surface area contributed by atoms with Crippen LogP contribution in [0.25, 0.3) is 0 Å². The average molecular weight is 239 g/mol. The molecule has 0 aromatic heterocycles. The average Bonchev–Trinajstić information content (AvgIpc) is 2.27. The Balaban J connectivity index is 2.80. The van der Waals surface area contributed by atoms with Crippen LogP contribution in [-0.4, -0.2) is 35.2 Å². The third kappa shape index (κ3) is 3.10. The minimum absolute atomic E-state index is 0.0291. The van der Waals surface area contributed by atoms with Gasteiger partial charge in [-0.15, -0.1) is 0 Å². The highest BCUT2D eigenvalue weighted by Crippen LogP contribution is 2.22. The van der Waals surface area contributed by atoms with E-state index in [4.69, 9.17) is 5.11 Å². The first-order valence-electron chi connectivity index (χ1n) is 4.86. The Morgan fingerprint density at radius 2 is 2.00 bits per heavy atom. The number of carbonyl (C=O) groups is 2. The summed E-state index contributed by atoms with van der Waals surface area (Å²) >= 11 is 0. The monoisotopic (exact) mass is 239 g/mol. The van der Waals surface area contributed by atoms with Crippen molar-refractivity contribution in [1.82, 2.24) is 5.32 Å². The molecule has 6 nitrogen and oxygen atoms in total. The topological polar surface area (TPSA) is 95.9 Å². The number of nitrogens with one attached hydrogen (secondary N) is 1. The number of carbonyl (C=O) groups excluding carboxylic acids is 2. The van der Waals surface area contributed by atoms with Crippen LogP contribution in [0.4, 0.5) is 0 Å². The van der Waals surface area contributed by atoms with Gasteiger partial charge in [0.25, 0.3) is 5.91 Å². The Labute approximate surface area is 97.8 Å².